The Balaban J connectivity index is 1.79. The molecule has 1 aromatic carbocycles. The first-order valence-electron chi connectivity index (χ1n) is 7.70. The Morgan fingerprint density at radius 3 is 2.65 bits per heavy atom. The van der Waals surface area contributed by atoms with E-state index in [2.05, 4.69) is 5.32 Å². The van der Waals surface area contributed by atoms with Gasteiger partial charge in [0.2, 0.25) is 5.91 Å². The summed E-state index contributed by atoms with van der Waals surface area (Å²) in [5.41, 5.74) is 1.47. The van der Waals surface area contributed by atoms with E-state index in [1.807, 2.05) is 13.0 Å². The Hall–Kier alpha value is -2.01. The van der Waals surface area contributed by atoms with Crippen LogP contribution in [-0.4, -0.2) is 36.9 Å². The first kappa shape index (κ1) is 15.9. The highest BCUT2D eigenvalue weighted by atomic mass is 35.5. The van der Waals surface area contributed by atoms with E-state index in [0.29, 0.717) is 42.3 Å². The molecule has 1 N–H and O–H groups in total. The third-order valence-electron chi connectivity index (χ3n) is 4.49. The van der Waals surface area contributed by atoms with Crippen LogP contribution in [0.4, 0.5) is 0 Å². The molecule has 6 heteroatoms. The fraction of sp³-hybridized carbons (Fsp3) is 0.412. The van der Waals surface area contributed by atoms with Gasteiger partial charge in [-0.25, -0.2) is 0 Å². The van der Waals surface area contributed by atoms with E-state index in [9.17, 15) is 9.59 Å². The summed E-state index contributed by atoms with van der Waals surface area (Å²) in [7, 11) is 1.64. The first-order chi connectivity index (χ1) is 11.0. The number of piperidine rings is 1. The molecule has 1 aliphatic heterocycles. The van der Waals surface area contributed by atoms with Gasteiger partial charge in [-0.15, -0.1) is 0 Å². The summed E-state index contributed by atoms with van der Waals surface area (Å²) in [6.07, 6.45) is 1.35. The molecule has 0 spiro atoms. The molecule has 122 valence electrons. The largest absolute Gasteiger partial charge is 0.451 e. The van der Waals surface area contributed by atoms with Crippen LogP contribution in [0, 0.1) is 12.8 Å². The van der Waals surface area contributed by atoms with Crippen molar-refractivity contribution in [2.24, 2.45) is 5.92 Å². The van der Waals surface area contributed by atoms with Gasteiger partial charge in [0.15, 0.2) is 5.76 Å². The number of carbonyl (C=O) groups is 2. The zero-order chi connectivity index (χ0) is 16.6. The summed E-state index contributed by atoms with van der Waals surface area (Å²) in [6.45, 7) is 3.00. The summed E-state index contributed by atoms with van der Waals surface area (Å²) < 4.78 is 5.74. The summed E-state index contributed by atoms with van der Waals surface area (Å²) in [4.78, 5) is 26.1. The van der Waals surface area contributed by atoms with Crippen molar-refractivity contribution in [3.05, 3.63) is 34.5 Å². The lowest BCUT2D eigenvalue weighted by Gasteiger charge is -2.30. The molecule has 2 amide bonds. The lowest BCUT2D eigenvalue weighted by Crippen LogP contribution is -2.42. The van der Waals surface area contributed by atoms with Crippen LogP contribution in [0.15, 0.2) is 22.6 Å². The maximum atomic E-state index is 12.7. The second-order valence-corrected chi connectivity index (χ2v) is 6.31. The fourth-order valence-corrected chi connectivity index (χ4v) is 3.26. The third kappa shape index (κ3) is 2.93. The Bertz CT molecular complexity index is 761. The zero-order valence-electron chi connectivity index (χ0n) is 13.2. The Labute approximate surface area is 139 Å². The van der Waals surface area contributed by atoms with Crippen LogP contribution in [0.1, 0.15) is 29.0 Å². The van der Waals surface area contributed by atoms with Gasteiger partial charge in [0.1, 0.15) is 5.58 Å². The minimum atomic E-state index is -0.120. The van der Waals surface area contributed by atoms with Crippen LogP contribution in [-0.2, 0) is 4.79 Å². The van der Waals surface area contributed by atoms with Crippen LogP contribution in [0.3, 0.4) is 0 Å². The molecule has 0 bridgehead atoms. The molecule has 1 saturated heterocycles. The van der Waals surface area contributed by atoms with Gasteiger partial charge in [-0.3, -0.25) is 9.59 Å². The standard InChI is InChI=1S/C17H19ClN2O3/c1-10-13-9-12(18)3-4-14(13)23-15(10)17(22)20-7-5-11(6-8-20)16(21)19-2/h3-4,9,11H,5-8H2,1-2H3,(H,19,21). The highest BCUT2D eigenvalue weighted by Crippen LogP contribution is 2.29. The molecule has 3 rings (SSSR count). The molecular formula is C17H19ClN2O3. The maximum absolute atomic E-state index is 12.7. The SMILES string of the molecule is CNC(=O)C1CCN(C(=O)c2oc3ccc(Cl)cc3c2C)CC1. The highest BCUT2D eigenvalue weighted by Gasteiger charge is 2.29. The van der Waals surface area contributed by atoms with E-state index in [1.165, 1.54) is 0 Å². The minimum Gasteiger partial charge on any atom is -0.451 e. The predicted octanol–water partition coefficient (Wildman–Crippen LogP) is 2.99. The monoisotopic (exact) mass is 334 g/mol. The van der Waals surface area contributed by atoms with Gasteiger partial charge in [-0.05, 0) is 38.0 Å². The van der Waals surface area contributed by atoms with Crippen LogP contribution in [0.25, 0.3) is 11.0 Å². The van der Waals surface area contributed by atoms with E-state index in [1.54, 1.807) is 24.1 Å². The summed E-state index contributed by atoms with van der Waals surface area (Å²) in [5, 5.41) is 4.15. The molecule has 23 heavy (non-hydrogen) atoms. The second-order valence-electron chi connectivity index (χ2n) is 5.88. The molecule has 2 aromatic rings. The van der Waals surface area contributed by atoms with E-state index in [-0.39, 0.29) is 17.7 Å². The lowest BCUT2D eigenvalue weighted by atomic mass is 9.95. The second kappa shape index (κ2) is 6.24. The van der Waals surface area contributed by atoms with E-state index in [4.69, 9.17) is 16.0 Å². The van der Waals surface area contributed by atoms with Gasteiger partial charge in [0.05, 0.1) is 0 Å². The molecule has 2 heterocycles. The Morgan fingerprint density at radius 2 is 2.00 bits per heavy atom. The Morgan fingerprint density at radius 1 is 1.30 bits per heavy atom. The number of rotatable bonds is 2. The van der Waals surface area contributed by atoms with Crippen molar-refractivity contribution in [3.63, 3.8) is 0 Å². The smallest absolute Gasteiger partial charge is 0.289 e. The number of hydrogen-bond donors (Lipinski definition) is 1. The van der Waals surface area contributed by atoms with Gasteiger partial charge in [-0.1, -0.05) is 11.6 Å². The van der Waals surface area contributed by atoms with Crippen molar-refractivity contribution in [1.29, 1.82) is 0 Å². The summed E-state index contributed by atoms with van der Waals surface area (Å²) in [6, 6.07) is 5.33. The maximum Gasteiger partial charge on any atom is 0.289 e. The number of hydrogen-bond acceptors (Lipinski definition) is 3. The topological polar surface area (TPSA) is 62.6 Å². The number of nitrogens with one attached hydrogen (secondary N) is 1. The molecule has 0 unspecified atom stereocenters. The Kier molecular flexibility index (Phi) is 4.31. The summed E-state index contributed by atoms with van der Waals surface area (Å²) in [5.74, 6) is 0.275. The number of aryl methyl sites for hydroxylation is 1. The van der Waals surface area contributed by atoms with Crippen molar-refractivity contribution in [2.75, 3.05) is 20.1 Å². The predicted molar refractivity (Wildman–Crippen MR) is 88.7 cm³/mol. The van der Waals surface area contributed by atoms with Gasteiger partial charge in [0.25, 0.3) is 5.91 Å². The molecular weight excluding hydrogens is 316 g/mol. The average molecular weight is 335 g/mol. The van der Waals surface area contributed by atoms with Crippen LogP contribution in [0.5, 0.6) is 0 Å². The van der Waals surface area contributed by atoms with Crippen LogP contribution >= 0.6 is 11.6 Å². The van der Waals surface area contributed by atoms with Crippen LogP contribution < -0.4 is 5.32 Å². The van der Waals surface area contributed by atoms with Crippen molar-refractivity contribution in [1.82, 2.24) is 10.2 Å². The lowest BCUT2D eigenvalue weighted by molar-refractivity contribution is -0.125. The number of furan rings is 1. The molecule has 1 aliphatic rings. The van der Waals surface area contributed by atoms with Crippen LogP contribution in [0.2, 0.25) is 5.02 Å². The van der Waals surface area contributed by atoms with Gasteiger partial charge in [0, 0.05) is 42.0 Å². The van der Waals surface area contributed by atoms with Crippen molar-refractivity contribution in [2.45, 2.75) is 19.8 Å². The molecule has 5 nitrogen and oxygen atoms in total. The minimum absolute atomic E-state index is 0.0142. The number of likely N-dealkylation sites (tertiary alicyclic amines) is 1. The van der Waals surface area contributed by atoms with Gasteiger partial charge >= 0.3 is 0 Å². The third-order valence-corrected chi connectivity index (χ3v) is 4.73. The number of amides is 2. The molecule has 1 aromatic heterocycles. The van der Waals surface area contributed by atoms with Crippen molar-refractivity contribution in [3.8, 4) is 0 Å². The van der Waals surface area contributed by atoms with Gasteiger partial charge < -0.3 is 14.6 Å². The van der Waals surface area contributed by atoms with E-state index < -0.39 is 0 Å². The molecule has 0 atom stereocenters. The summed E-state index contributed by atoms with van der Waals surface area (Å²) >= 11 is 6.01. The van der Waals surface area contributed by atoms with Crippen molar-refractivity contribution >= 4 is 34.4 Å². The number of benzene rings is 1. The van der Waals surface area contributed by atoms with E-state index >= 15 is 0 Å². The number of carbonyl (C=O) groups excluding carboxylic acids is 2. The van der Waals surface area contributed by atoms with Crippen molar-refractivity contribution < 1.29 is 14.0 Å². The molecule has 0 aliphatic carbocycles. The number of halogens is 1. The van der Waals surface area contributed by atoms with Gasteiger partial charge in [-0.2, -0.15) is 0 Å². The quantitative estimate of drug-likeness (QED) is 0.918. The molecule has 1 fully saturated rings. The van der Waals surface area contributed by atoms with E-state index in [0.717, 1.165) is 10.9 Å². The molecule has 0 saturated carbocycles. The number of fused-ring (bicyclic) bond motifs is 1. The average Bonchev–Trinajstić information content (AvgIpc) is 2.90. The first-order valence-corrected chi connectivity index (χ1v) is 8.08. The zero-order valence-corrected chi connectivity index (χ0v) is 13.9. The fourth-order valence-electron chi connectivity index (χ4n) is 3.09. The normalized spacial score (nSPS) is 15.9. The highest BCUT2D eigenvalue weighted by molar-refractivity contribution is 6.31. The molecule has 0 radical (unpaired) electrons. The number of nitrogens with zero attached hydrogens (tertiary/aromatic N) is 1.